The highest BCUT2D eigenvalue weighted by Crippen LogP contribution is 2.36. The van der Waals surface area contributed by atoms with E-state index in [9.17, 15) is 10.2 Å². The minimum atomic E-state index is -0.846. The van der Waals surface area contributed by atoms with Crippen LogP contribution in [-0.4, -0.2) is 91.0 Å². The van der Waals surface area contributed by atoms with E-state index in [0.717, 1.165) is 39.1 Å². The van der Waals surface area contributed by atoms with Gasteiger partial charge >= 0.3 is 0 Å². The van der Waals surface area contributed by atoms with E-state index in [1.807, 2.05) is 31.2 Å². The fourth-order valence-electron chi connectivity index (χ4n) is 4.24. The Bertz CT molecular complexity index is 942. The zero-order valence-corrected chi connectivity index (χ0v) is 24.7. The lowest BCUT2D eigenvalue weighted by Gasteiger charge is -2.21. The highest BCUT2D eigenvalue weighted by Gasteiger charge is 2.18. The van der Waals surface area contributed by atoms with Gasteiger partial charge in [-0.15, -0.1) is 0 Å². The first-order valence-corrected chi connectivity index (χ1v) is 13.4. The van der Waals surface area contributed by atoms with Crippen LogP contribution in [-0.2, 0) is 54.8 Å². The van der Waals surface area contributed by atoms with Crippen LogP contribution in [0.5, 0.6) is 11.5 Å². The monoisotopic (exact) mass is 566 g/mol. The van der Waals surface area contributed by atoms with Crippen molar-refractivity contribution in [2.45, 2.75) is 52.0 Å². The van der Waals surface area contributed by atoms with Crippen molar-refractivity contribution in [3.63, 3.8) is 0 Å². The zero-order chi connectivity index (χ0) is 29.3. The summed E-state index contributed by atoms with van der Waals surface area (Å²) in [5, 5.41) is 20.0. The summed E-state index contributed by atoms with van der Waals surface area (Å²) in [6, 6.07) is 8.10. The lowest BCUT2D eigenvalue weighted by atomic mass is 9.95. The number of hydrogen-bond donors (Lipinski definition) is 2. The van der Waals surface area contributed by atoms with Gasteiger partial charge in [0, 0.05) is 50.7 Å². The fraction of sp³-hybridized carbons (Fsp3) is 0.600. The van der Waals surface area contributed by atoms with Gasteiger partial charge < -0.3 is 48.1 Å². The molecule has 0 saturated carbocycles. The molecular weight excluding hydrogens is 520 g/mol. The van der Waals surface area contributed by atoms with Crippen LogP contribution >= 0.6 is 0 Å². The molecule has 0 saturated heterocycles. The van der Waals surface area contributed by atoms with Gasteiger partial charge in [-0.05, 0) is 41.8 Å². The summed E-state index contributed by atoms with van der Waals surface area (Å²) in [4.78, 5) is 0. The van der Waals surface area contributed by atoms with Crippen molar-refractivity contribution >= 4 is 0 Å². The predicted octanol–water partition coefficient (Wildman–Crippen LogP) is 3.49. The number of aliphatic hydroxyl groups is 2. The molecule has 0 bridgehead atoms. The van der Waals surface area contributed by atoms with E-state index in [-0.39, 0.29) is 19.8 Å². The summed E-state index contributed by atoms with van der Waals surface area (Å²) in [6.07, 6.45) is -0.684. The van der Waals surface area contributed by atoms with Gasteiger partial charge in [0.05, 0.1) is 66.1 Å². The molecule has 0 radical (unpaired) electrons. The second kappa shape index (κ2) is 19.0. The summed E-state index contributed by atoms with van der Waals surface area (Å²) < 4.78 is 44.4. The van der Waals surface area contributed by atoms with Gasteiger partial charge in [0.25, 0.3) is 0 Å². The van der Waals surface area contributed by atoms with E-state index in [2.05, 4.69) is 0 Å². The Morgan fingerprint density at radius 2 is 0.975 bits per heavy atom. The molecule has 2 N–H and O–H groups in total. The van der Waals surface area contributed by atoms with E-state index in [1.54, 1.807) is 35.5 Å². The molecule has 0 fully saturated rings. The third kappa shape index (κ3) is 10.6. The van der Waals surface area contributed by atoms with Gasteiger partial charge in [0.2, 0.25) is 0 Å². The molecule has 2 aromatic carbocycles. The standard InChI is InChI=1S/C30H46O10/c1-7-27(31)18-38-8-9-39-19-28(32)20-40-30-25(16-35-4)12-22(13-26(30)17-36-5)21-10-23(14-33-2)29(37-6)24(11-21)15-34-3/h10-13,27-28,31-32H,7-9,14-20H2,1-6H3. The molecule has 2 atom stereocenters. The third-order valence-electron chi connectivity index (χ3n) is 6.11. The Morgan fingerprint density at radius 3 is 1.35 bits per heavy atom. The van der Waals surface area contributed by atoms with E-state index in [1.165, 1.54) is 0 Å². The van der Waals surface area contributed by atoms with Crippen LogP contribution in [0.2, 0.25) is 0 Å². The van der Waals surface area contributed by atoms with Crippen molar-refractivity contribution < 1.29 is 48.1 Å². The first kappa shape index (κ1) is 33.9. The number of hydrogen-bond acceptors (Lipinski definition) is 10. The predicted molar refractivity (Wildman–Crippen MR) is 151 cm³/mol. The minimum absolute atomic E-state index is 0.0285. The van der Waals surface area contributed by atoms with Crippen LogP contribution in [0.4, 0.5) is 0 Å². The van der Waals surface area contributed by atoms with Crippen LogP contribution in [0.1, 0.15) is 35.6 Å². The van der Waals surface area contributed by atoms with Gasteiger partial charge in [-0.1, -0.05) is 6.92 Å². The summed E-state index contributed by atoms with van der Waals surface area (Å²) in [6.45, 7) is 4.31. The second-order valence-corrected chi connectivity index (χ2v) is 9.36. The molecular formula is C30H46O10. The summed E-state index contributed by atoms with van der Waals surface area (Å²) in [7, 11) is 8.18. The topological polar surface area (TPSA) is 114 Å². The number of aliphatic hydroxyl groups excluding tert-OH is 2. The summed E-state index contributed by atoms with van der Waals surface area (Å²) >= 11 is 0. The van der Waals surface area contributed by atoms with Crippen LogP contribution in [0.15, 0.2) is 24.3 Å². The number of ether oxygens (including phenoxy) is 8. The quantitative estimate of drug-likeness (QED) is 0.218. The van der Waals surface area contributed by atoms with E-state index < -0.39 is 12.2 Å². The molecule has 0 aliphatic carbocycles. The zero-order valence-electron chi connectivity index (χ0n) is 24.7. The van der Waals surface area contributed by atoms with Crippen molar-refractivity contribution in [2.75, 3.05) is 68.6 Å². The molecule has 2 unspecified atom stereocenters. The normalized spacial score (nSPS) is 12.9. The summed E-state index contributed by atoms with van der Waals surface area (Å²) in [5.41, 5.74) is 5.36. The molecule has 40 heavy (non-hydrogen) atoms. The highest BCUT2D eigenvalue weighted by atomic mass is 16.5. The molecule has 10 heteroatoms. The van der Waals surface area contributed by atoms with Crippen molar-refractivity contribution in [3.05, 3.63) is 46.5 Å². The molecule has 10 nitrogen and oxygen atoms in total. The molecule has 0 spiro atoms. The third-order valence-corrected chi connectivity index (χ3v) is 6.11. The number of rotatable bonds is 21. The average molecular weight is 567 g/mol. The lowest BCUT2D eigenvalue weighted by Crippen LogP contribution is -2.25. The van der Waals surface area contributed by atoms with E-state index >= 15 is 0 Å². The maximum Gasteiger partial charge on any atom is 0.130 e. The Kier molecular flexibility index (Phi) is 16.1. The van der Waals surface area contributed by atoms with Crippen LogP contribution in [0, 0.1) is 0 Å². The van der Waals surface area contributed by atoms with Crippen molar-refractivity contribution in [2.24, 2.45) is 0 Å². The maximum atomic E-state index is 10.5. The largest absolute Gasteiger partial charge is 0.496 e. The molecule has 0 heterocycles. The molecule has 2 aromatic rings. The van der Waals surface area contributed by atoms with Crippen LogP contribution in [0.25, 0.3) is 11.1 Å². The molecule has 0 amide bonds. The van der Waals surface area contributed by atoms with Gasteiger partial charge in [-0.2, -0.15) is 0 Å². The average Bonchev–Trinajstić information content (AvgIpc) is 2.94. The van der Waals surface area contributed by atoms with E-state index in [0.29, 0.717) is 51.8 Å². The minimum Gasteiger partial charge on any atom is -0.496 e. The van der Waals surface area contributed by atoms with Crippen molar-refractivity contribution in [3.8, 4) is 22.6 Å². The highest BCUT2D eigenvalue weighted by molar-refractivity contribution is 5.70. The van der Waals surface area contributed by atoms with Gasteiger partial charge in [-0.25, -0.2) is 0 Å². The van der Waals surface area contributed by atoms with Crippen molar-refractivity contribution in [1.29, 1.82) is 0 Å². The van der Waals surface area contributed by atoms with Gasteiger partial charge in [-0.3, -0.25) is 0 Å². The Balaban J connectivity index is 2.24. The first-order valence-electron chi connectivity index (χ1n) is 13.4. The number of benzene rings is 2. The van der Waals surface area contributed by atoms with E-state index in [4.69, 9.17) is 37.9 Å². The molecule has 2 rings (SSSR count). The Labute approximate surface area is 238 Å². The summed E-state index contributed by atoms with van der Waals surface area (Å²) in [5.74, 6) is 1.34. The lowest BCUT2D eigenvalue weighted by molar-refractivity contribution is -0.0260. The van der Waals surface area contributed by atoms with Gasteiger partial charge in [0.1, 0.15) is 24.2 Å². The SMILES string of the molecule is CCC(O)COCCOCC(O)COc1c(COC)cc(-c2cc(COC)c(OC)c(COC)c2)cc1COC. The van der Waals surface area contributed by atoms with Crippen LogP contribution in [0.3, 0.4) is 0 Å². The Morgan fingerprint density at radius 1 is 0.575 bits per heavy atom. The smallest absolute Gasteiger partial charge is 0.130 e. The second-order valence-electron chi connectivity index (χ2n) is 9.36. The number of methoxy groups -OCH3 is 5. The molecule has 226 valence electrons. The first-order chi connectivity index (χ1) is 19.4. The Hall–Kier alpha value is -2.28. The fourth-order valence-corrected chi connectivity index (χ4v) is 4.24. The van der Waals surface area contributed by atoms with Gasteiger partial charge in [0.15, 0.2) is 0 Å². The maximum absolute atomic E-state index is 10.5. The van der Waals surface area contributed by atoms with Crippen molar-refractivity contribution in [1.82, 2.24) is 0 Å². The van der Waals surface area contributed by atoms with Crippen LogP contribution < -0.4 is 9.47 Å². The molecule has 0 aromatic heterocycles. The molecule has 0 aliphatic heterocycles. The molecule has 0 aliphatic rings.